The van der Waals surface area contributed by atoms with Crippen molar-refractivity contribution in [2.24, 2.45) is 0 Å². The number of phenols is 1. The van der Waals surface area contributed by atoms with Crippen LogP contribution in [0.25, 0.3) is 0 Å². The predicted molar refractivity (Wildman–Crippen MR) is 73.4 cm³/mol. The largest absolute Gasteiger partial charge is 0.508 e. The van der Waals surface area contributed by atoms with Crippen molar-refractivity contribution in [1.82, 2.24) is 0 Å². The van der Waals surface area contributed by atoms with Crippen LogP contribution in [0.15, 0.2) is 42.5 Å². The van der Waals surface area contributed by atoms with Crippen LogP contribution in [-0.4, -0.2) is 18.2 Å². The lowest BCUT2D eigenvalue weighted by Gasteiger charge is -2.09. The first-order chi connectivity index (χ1) is 9.65. The number of hydrogen-bond donors (Lipinski definition) is 1. The summed E-state index contributed by atoms with van der Waals surface area (Å²) < 4.78 is 4.74. The Labute approximate surface area is 116 Å². The first kappa shape index (κ1) is 13.6. The van der Waals surface area contributed by atoms with Crippen molar-refractivity contribution < 1.29 is 14.6 Å². The van der Waals surface area contributed by atoms with E-state index in [0.717, 1.165) is 5.56 Å². The second-order valence-corrected chi connectivity index (χ2v) is 4.28. The van der Waals surface area contributed by atoms with Gasteiger partial charge in [-0.05, 0) is 35.4 Å². The summed E-state index contributed by atoms with van der Waals surface area (Å²) in [4.78, 5) is 11.7. The second-order valence-electron chi connectivity index (χ2n) is 4.28. The standard InChI is InChI=1S/C16H13NO3/c1-20-16(19)14-5-3-2-4-12(14)9-13-8-11(10-17)6-7-15(13)18/h2-8,18H,9H2,1H3. The minimum atomic E-state index is -0.420. The second kappa shape index (κ2) is 5.89. The number of carbonyl (C=O) groups excluding carboxylic acids is 1. The minimum absolute atomic E-state index is 0.101. The summed E-state index contributed by atoms with van der Waals surface area (Å²) in [7, 11) is 1.33. The van der Waals surface area contributed by atoms with E-state index in [9.17, 15) is 9.90 Å². The summed E-state index contributed by atoms with van der Waals surface area (Å²) in [6.07, 6.45) is 0.354. The van der Waals surface area contributed by atoms with Crippen LogP contribution >= 0.6 is 0 Å². The fraction of sp³-hybridized carbons (Fsp3) is 0.125. The maximum atomic E-state index is 11.7. The zero-order valence-corrected chi connectivity index (χ0v) is 11.0. The zero-order valence-electron chi connectivity index (χ0n) is 11.0. The molecule has 0 radical (unpaired) electrons. The molecule has 0 spiro atoms. The van der Waals surface area contributed by atoms with Crippen LogP contribution in [0, 0.1) is 11.3 Å². The molecule has 0 aliphatic carbocycles. The maximum Gasteiger partial charge on any atom is 0.338 e. The molecule has 0 heterocycles. The van der Waals surface area contributed by atoms with Gasteiger partial charge in [-0.15, -0.1) is 0 Å². The van der Waals surface area contributed by atoms with Crippen molar-refractivity contribution in [3.8, 4) is 11.8 Å². The molecule has 0 amide bonds. The Hall–Kier alpha value is -2.80. The Morgan fingerprint density at radius 1 is 1.25 bits per heavy atom. The van der Waals surface area contributed by atoms with E-state index in [1.54, 1.807) is 30.3 Å². The highest BCUT2D eigenvalue weighted by molar-refractivity contribution is 5.91. The molecule has 0 aliphatic rings. The summed E-state index contributed by atoms with van der Waals surface area (Å²) in [5, 5.41) is 18.7. The molecule has 0 unspecified atom stereocenters. The quantitative estimate of drug-likeness (QED) is 0.868. The smallest absolute Gasteiger partial charge is 0.338 e. The van der Waals surface area contributed by atoms with Crippen molar-refractivity contribution in [3.63, 3.8) is 0 Å². The third-order valence-electron chi connectivity index (χ3n) is 3.01. The van der Waals surface area contributed by atoms with E-state index < -0.39 is 5.97 Å². The minimum Gasteiger partial charge on any atom is -0.508 e. The van der Waals surface area contributed by atoms with Crippen LogP contribution in [0.3, 0.4) is 0 Å². The summed E-state index contributed by atoms with van der Waals surface area (Å²) >= 11 is 0. The van der Waals surface area contributed by atoms with Gasteiger partial charge in [-0.2, -0.15) is 5.26 Å². The number of phenolic OH excluding ortho intramolecular Hbond substituents is 1. The van der Waals surface area contributed by atoms with Crippen LogP contribution in [0.5, 0.6) is 5.75 Å². The molecule has 2 aromatic carbocycles. The molecular formula is C16H13NO3. The average molecular weight is 267 g/mol. The van der Waals surface area contributed by atoms with Crippen molar-refractivity contribution in [1.29, 1.82) is 5.26 Å². The Bertz CT molecular complexity index is 686. The van der Waals surface area contributed by atoms with Gasteiger partial charge in [0, 0.05) is 6.42 Å². The van der Waals surface area contributed by atoms with E-state index in [1.807, 2.05) is 12.1 Å². The summed E-state index contributed by atoms with van der Waals surface area (Å²) in [5.41, 5.74) is 2.26. The Morgan fingerprint density at radius 2 is 2.00 bits per heavy atom. The molecule has 0 saturated heterocycles. The van der Waals surface area contributed by atoms with E-state index in [4.69, 9.17) is 10.00 Å². The van der Waals surface area contributed by atoms with E-state index >= 15 is 0 Å². The molecule has 4 heteroatoms. The number of benzene rings is 2. The van der Waals surface area contributed by atoms with Gasteiger partial charge in [0.1, 0.15) is 5.75 Å². The molecule has 0 aromatic heterocycles. The number of esters is 1. The van der Waals surface area contributed by atoms with Crippen molar-refractivity contribution in [3.05, 3.63) is 64.7 Å². The molecule has 1 N–H and O–H groups in total. The molecule has 0 atom stereocenters. The molecule has 20 heavy (non-hydrogen) atoms. The number of ether oxygens (including phenoxy) is 1. The van der Waals surface area contributed by atoms with Crippen molar-refractivity contribution in [2.75, 3.05) is 7.11 Å². The first-order valence-electron chi connectivity index (χ1n) is 6.04. The van der Waals surface area contributed by atoms with Gasteiger partial charge < -0.3 is 9.84 Å². The van der Waals surface area contributed by atoms with Gasteiger partial charge in [0.05, 0.1) is 24.3 Å². The van der Waals surface area contributed by atoms with Crippen LogP contribution in [0.1, 0.15) is 27.0 Å². The van der Waals surface area contributed by atoms with Gasteiger partial charge in [0.15, 0.2) is 0 Å². The monoisotopic (exact) mass is 267 g/mol. The molecule has 0 saturated carbocycles. The molecule has 0 aliphatic heterocycles. The SMILES string of the molecule is COC(=O)c1ccccc1Cc1cc(C#N)ccc1O. The molecule has 4 nitrogen and oxygen atoms in total. The Morgan fingerprint density at radius 3 is 2.70 bits per heavy atom. The fourth-order valence-corrected chi connectivity index (χ4v) is 1.99. The average Bonchev–Trinajstić information content (AvgIpc) is 2.49. The normalized spacial score (nSPS) is 9.80. The van der Waals surface area contributed by atoms with Crippen LogP contribution < -0.4 is 0 Å². The van der Waals surface area contributed by atoms with Gasteiger partial charge in [-0.1, -0.05) is 18.2 Å². The summed E-state index contributed by atoms with van der Waals surface area (Å²) in [6, 6.07) is 13.7. The highest BCUT2D eigenvalue weighted by atomic mass is 16.5. The number of hydrogen-bond acceptors (Lipinski definition) is 4. The molecule has 0 bridgehead atoms. The Balaban J connectivity index is 2.40. The number of nitriles is 1. The highest BCUT2D eigenvalue weighted by Gasteiger charge is 2.13. The van der Waals surface area contributed by atoms with Gasteiger partial charge in [-0.25, -0.2) is 4.79 Å². The molecular weight excluding hydrogens is 254 g/mol. The third kappa shape index (κ3) is 2.78. The third-order valence-corrected chi connectivity index (χ3v) is 3.01. The predicted octanol–water partition coefficient (Wildman–Crippen LogP) is 2.64. The number of aromatic hydroxyl groups is 1. The lowest BCUT2D eigenvalue weighted by molar-refractivity contribution is 0.0599. The number of nitrogens with zero attached hydrogens (tertiary/aromatic N) is 1. The highest BCUT2D eigenvalue weighted by Crippen LogP contribution is 2.23. The molecule has 2 rings (SSSR count). The number of rotatable bonds is 3. The zero-order chi connectivity index (χ0) is 14.5. The van der Waals surface area contributed by atoms with Gasteiger partial charge in [-0.3, -0.25) is 0 Å². The number of carbonyl (C=O) groups is 1. The fourth-order valence-electron chi connectivity index (χ4n) is 1.99. The van der Waals surface area contributed by atoms with E-state index in [1.165, 1.54) is 13.2 Å². The van der Waals surface area contributed by atoms with E-state index in [0.29, 0.717) is 23.1 Å². The molecule has 2 aromatic rings. The van der Waals surface area contributed by atoms with Gasteiger partial charge >= 0.3 is 5.97 Å². The lowest BCUT2D eigenvalue weighted by Crippen LogP contribution is -2.06. The molecule has 0 fully saturated rings. The maximum absolute atomic E-state index is 11.7. The lowest BCUT2D eigenvalue weighted by atomic mass is 9.98. The Kier molecular flexibility index (Phi) is 4.02. The first-order valence-corrected chi connectivity index (χ1v) is 6.04. The van der Waals surface area contributed by atoms with E-state index in [-0.39, 0.29) is 5.75 Å². The van der Waals surface area contributed by atoms with E-state index in [2.05, 4.69) is 0 Å². The van der Waals surface area contributed by atoms with Crippen molar-refractivity contribution in [2.45, 2.75) is 6.42 Å². The molecule has 100 valence electrons. The van der Waals surface area contributed by atoms with Gasteiger partial charge in [0.2, 0.25) is 0 Å². The van der Waals surface area contributed by atoms with Crippen LogP contribution in [0.4, 0.5) is 0 Å². The summed E-state index contributed by atoms with van der Waals surface area (Å²) in [5.74, 6) is -0.319. The van der Waals surface area contributed by atoms with Crippen LogP contribution in [0.2, 0.25) is 0 Å². The topological polar surface area (TPSA) is 70.3 Å². The van der Waals surface area contributed by atoms with Gasteiger partial charge in [0.25, 0.3) is 0 Å². The summed E-state index contributed by atoms with van der Waals surface area (Å²) in [6.45, 7) is 0. The number of methoxy groups -OCH3 is 1. The van der Waals surface area contributed by atoms with Crippen LogP contribution in [-0.2, 0) is 11.2 Å². The van der Waals surface area contributed by atoms with Crippen molar-refractivity contribution >= 4 is 5.97 Å².